The highest BCUT2D eigenvalue weighted by Crippen LogP contribution is 2.42. The van der Waals surface area contributed by atoms with Crippen LogP contribution in [0.2, 0.25) is 0 Å². The maximum Gasteiger partial charge on any atom is 0.393 e. The van der Waals surface area contributed by atoms with Crippen molar-refractivity contribution in [3.05, 3.63) is 30.1 Å². The molecule has 2 atom stereocenters. The minimum absolute atomic E-state index is 0.0898. The second-order valence-electron chi connectivity index (χ2n) is 9.54. The summed E-state index contributed by atoms with van der Waals surface area (Å²) < 4.78 is 42.0. The zero-order valence-corrected chi connectivity index (χ0v) is 17.9. The average Bonchev–Trinajstić information content (AvgIpc) is 3.42. The number of fused-ring (bicyclic) bond motifs is 1. The van der Waals surface area contributed by atoms with E-state index in [1.165, 1.54) is 18.8 Å². The van der Waals surface area contributed by atoms with Gasteiger partial charge in [0.15, 0.2) is 0 Å². The van der Waals surface area contributed by atoms with Crippen LogP contribution in [-0.2, 0) is 0 Å². The normalized spacial score (nSPS) is 26.1. The Morgan fingerprint density at radius 2 is 1.84 bits per heavy atom. The fourth-order valence-electron chi connectivity index (χ4n) is 5.78. The van der Waals surface area contributed by atoms with Gasteiger partial charge in [-0.2, -0.15) is 18.4 Å². The van der Waals surface area contributed by atoms with E-state index >= 15 is 0 Å². The fraction of sp³-hybridized carbons (Fsp3) is 0.609. The van der Waals surface area contributed by atoms with Gasteiger partial charge in [0.05, 0.1) is 17.2 Å². The van der Waals surface area contributed by atoms with Crippen LogP contribution in [0, 0.1) is 28.6 Å². The lowest BCUT2D eigenvalue weighted by molar-refractivity contribution is -0.180. The number of rotatable bonds is 3. The van der Waals surface area contributed by atoms with Gasteiger partial charge in [-0.05, 0) is 56.4 Å². The Balaban J connectivity index is 1.36. The van der Waals surface area contributed by atoms with E-state index in [-0.39, 0.29) is 6.54 Å². The van der Waals surface area contributed by atoms with Gasteiger partial charge in [0.1, 0.15) is 17.1 Å². The minimum atomic E-state index is -4.25. The average molecular weight is 445 g/mol. The Morgan fingerprint density at radius 1 is 1.09 bits per heavy atom. The molecule has 0 aliphatic carbocycles. The molecule has 6 nitrogen and oxygen atoms in total. The molecule has 1 spiro atoms. The first-order valence-corrected chi connectivity index (χ1v) is 11.3. The number of nitrogens with zero attached hydrogens (tertiary/aromatic N) is 5. The Morgan fingerprint density at radius 3 is 2.50 bits per heavy atom. The summed E-state index contributed by atoms with van der Waals surface area (Å²) >= 11 is 0. The standard InChI is InChI=1S/C23H27F3N6/c24-23(25,26)18-14-32(19-2-1-16(11-27)20-21(19)30-8-7-29-20)13-17(18)12-31-9-4-22(5-10-31)3-6-28-15-22/h1-2,7-8,17-18,28H,3-6,9-10,12-15H2/t17-,18-/m0/s1. The molecule has 1 N–H and O–H groups in total. The smallest absolute Gasteiger partial charge is 0.369 e. The summed E-state index contributed by atoms with van der Waals surface area (Å²) in [7, 11) is 0. The Hall–Kier alpha value is -2.44. The largest absolute Gasteiger partial charge is 0.393 e. The molecule has 9 heteroatoms. The maximum atomic E-state index is 14.0. The van der Waals surface area contributed by atoms with Crippen molar-refractivity contribution in [1.82, 2.24) is 20.2 Å². The van der Waals surface area contributed by atoms with Gasteiger partial charge in [0.25, 0.3) is 0 Å². The molecule has 0 amide bonds. The summed E-state index contributed by atoms with van der Waals surface area (Å²) in [6.07, 6.45) is 2.06. The summed E-state index contributed by atoms with van der Waals surface area (Å²) in [5.74, 6) is -1.87. The lowest BCUT2D eigenvalue weighted by Crippen LogP contribution is -2.45. The molecule has 5 rings (SSSR count). The molecule has 1 aromatic heterocycles. The predicted molar refractivity (Wildman–Crippen MR) is 115 cm³/mol. The minimum Gasteiger partial charge on any atom is -0.369 e. The van der Waals surface area contributed by atoms with Crippen LogP contribution in [0.3, 0.4) is 0 Å². The van der Waals surface area contributed by atoms with Crippen LogP contribution >= 0.6 is 0 Å². The number of anilines is 1. The van der Waals surface area contributed by atoms with Gasteiger partial charge < -0.3 is 15.1 Å². The molecule has 170 valence electrons. The number of aromatic nitrogens is 2. The van der Waals surface area contributed by atoms with Crippen LogP contribution in [-0.4, -0.2) is 66.9 Å². The SMILES string of the molecule is N#Cc1ccc(N2C[C@H](CN3CCC4(CCNC4)CC3)[C@@H](C(F)(F)F)C2)c2nccnc12. The molecular weight excluding hydrogens is 417 g/mol. The van der Waals surface area contributed by atoms with Gasteiger partial charge in [-0.3, -0.25) is 9.97 Å². The summed E-state index contributed by atoms with van der Waals surface area (Å²) in [5.41, 5.74) is 2.27. The Labute approximate surface area is 185 Å². The highest BCUT2D eigenvalue weighted by Gasteiger charge is 2.50. The van der Waals surface area contributed by atoms with E-state index in [4.69, 9.17) is 0 Å². The summed E-state index contributed by atoms with van der Waals surface area (Å²) in [4.78, 5) is 12.6. The lowest BCUT2D eigenvalue weighted by atomic mass is 9.77. The number of alkyl halides is 3. The highest BCUT2D eigenvalue weighted by molar-refractivity contribution is 5.92. The maximum absolute atomic E-state index is 14.0. The van der Waals surface area contributed by atoms with E-state index in [2.05, 4.69) is 26.3 Å². The topological polar surface area (TPSA) is 68.1 Å². The van der Waals surface area contributed by atoms with E-state index in [0.29, 0.717) is 40.8 Å². The summed E-state index contributed by atoms with van der Waals surface area (Å²) in [6, 6.07) is 5.43. The second kappa shape index (κ2) is 8.16. The first kappa shape index (κ1) is 21.4. The van der Waals surface area contributed by atoms with Crippen molar-refractivity contribution < 1.29 is 13.2 Å². The van der Waals surface area contributed by atoms with Gasteiger partial charge in [0, 0.05) is 44.5 Å². The molecule has 4 heterocycles. The quantitative estimate of drug-likeness (QED) is 0.784. The van der Waals surface area contributed by atoms with Crippen molar-refractivity contribution in [3.63, 3.8) is 0 Å². The van der Waals surface area contributed by atoms with Crippen LogP contribution in [0.4, 0.5) is 18.9 Å². The third kappa shape index (κ3) is 3.90. The van der Waals surface area contributed by atoms with Gasteiger partial charge in [-0.25, -0.2) is 0 Å². The first-order valence-electron chi connectivity index (χ1n) is 11.3. The number of hydrogen-bond acceptors (Lipinski definition) is 6. The lowest BCUT2D eigenvalue weighted by Gasteiger charge is -2.40. The van der Waals surface area contributed by atoms with Crippen molar-refractivity contribution in [1.29, 1.82) is 5.26 Å². The molecule has 3 fully saturated rings. The summed E-state index contributed by atoms with van der Waals surface area (Å²) in [6.45, 7) is 4.52. The number of hydrogen-bond donors (Lipinski definition) is 1. The Bertz CT molecular complexity index is 1020. The van der Waals surface area contributed by atoms with Gasteiger partial charge in [-0.1, -0.05) is 0 Å². The van der Waals surface area contributed by atoms with Crippen molar-refractivity contribution in [2.24, 2.45) is 17.3 Å². The van der Waals surface area contributed by atoms with Gasteiger partial charge in [0.2, 0.25) is 0 Å². The number of nitriles is 1. The highest BCUT2D eigenvalue weighted by atomic mass is 19.4. The fourth-order valence-corrected chi connectivity index (χ4v) is 5.78. The van der Waals surface area contributed by atoms with Gasteiger partial charge >= 0.3 is 6.18 Å². The van der Waals surface area contributed by atoms with Crippen LogP contribution < -0.4 is 10.2 Å². The van der Waals surface area contributed by atoms with E-state index in [9.17, 15) is 18.4 Å². The first-order chi connectivity index (χ1) is 15.4. The van der Waals surface area contributed by atoms with E-state index in [0.717, 1.165) is 39.0 Å². The number of halogens is 3. The summed E-state index contributed by atoms with van der Waals surface area (Å²) in [5, 5.41) is 12.8. The van der Waals surface area contributed by atoms with Crippen molar-refractivity contribution in [3.8, 4) is 6.07 Å². The predicted octanol–water partition coefficient (Wildman–Crippen LogP) is 3.19. The third-order valence-corrected chi connectivity index (χ3v) is 7.67. The molecule has 2 aromatic rings. The van der Waals surface area contributed by atoms with Crippen LogP contribution in [0.25, 0.3) is 11.0 Å². The second-order valence-corrected chi connectivity index (χ2v) is 9.54. The van der Waals surface area contributed by atoms with Crippen LogP contribution in [0.1, 0.15) is 24.8 Å². The van der Waals surface area contributed by atoms with Gasteiger partial charge in [-0.15, -0.1) is 0 Å². The zero-order valence-electron chi connectivity index (χ0n) is 17.9. The molecule has 0 radical (unpaired) electrons. The van der Waals surface area contributed by atoms with Crippen molar-refractivity contribution in [2.75, 3.05) is 50.7 Å². The molecule has 1 aromatic carbocycles. The van der Waals surface area contributed by atoms with Crippen LogP contribution in [0.15, 0.2) is 24.5 Å². The van der Waals surface area contributed by atoms with Crippen LogP contribution in [0.5, 0.6) is 0 Å². The number of likely N-dealkylation sites (tertiary alicyclic amines) is 1. The molecule has 3 saturated heterocycles. The van der Waals surface area contributed by atoms with E-state index in [1.54, 1.807) is 17.0 Å². The molecule has 3 aliphatic heterocycles. The Kier molecular flexibility index (Phi) is 5.46. The number of benzene rings is 1. The van der Waals surface area contributed by atoms with Crippen molar-refractivity contribution in [2.45, 2.75) is 25.4 Å². The molecule has 0 saturated carbocycles. The molecule has 0 unspecified atom stereocenters. The molecular formula is C23H27F3N6. The molecule has 3 aliphatic rings. The van der Waals surface area contributed by atoms with E-state index in [1.807, 2.05) is 0 Å². The number of nitrogens with one attached hydrogen (secondary N) is 1. The molecule has 0 bridgehead atoms. The number of piperidine rings is 1. The van der Waals surface area contributed by atoms with Crippen molar-refractivity contribution >= 4 is 16.7 Å². The van der Waals surface area contributed by atoms with E-state index < -0.39 is 18.0 Å². The third-order valence-electron chi connectivity index (χ3n) is 7.67. The molecule has 32 heavy (non-hydrogen) atoms. The zero-order chi connectivity index (χ0) is 22.3. The monoisotopic (exact) mass is 444 g/mol.